The first-order chi connectivity index (χ1) is 9.17. The maximum atomic E-state index is 11.6. The molecule has 0 saturated heterocycles. The van der Waals surface area contributed by atoms with Gasteiger partial charge in [-0.05, 0) is 37.0 Å². The van der Waals surface area contributed by atoms with E-state index in [9.17, 15) is 4.79 Å². The molecule has 19 heavy (non-hydrogen) atoms. The first-order valence-electron chi connectivity index (χ1n) is 6.44. The fraction of sp³-hybridized carbons (Fsp3) is 0.429. The van der Waals surface area contributed by atoms with Gasteiger partial charge in [-0.15, -0.1) is 11.6 Å². The third kappa shape index (κ3) is 4.91. The molecule has 2 rings (SSSR count). The number of amides is 1. The maximum absolute atomic E-state index is 11.6. The van der Waals surface area contributed by atoms with Gasteiger partial charge in [0.2, 0.25) is 5.91 Å². The van der Waals surface area contributed by atoms with E-state index >= 15 is 0 Å². The Balaban J connectivity index is 1.82. The molecule has 0 heterocycles. The van der Waals surface area contributed by atoms with E-state index in [4.69, 9.17) is 17.3 Å². The van der Waals surface area contributed by atoms with Crippen LogP contribution in [0.2, 0.25) is 0 Å². The number of aryl methyl sites for hydroxylation is 1. The molecule has 102 valence electrons. The first-order valence-corrected chi connectivity index (χ1v) is 6.98. The second-order valence-electron chi connectivity index (χ2n) is 4.75. The van der Waals surface area contributed by atoms with Crippen molar-refractivity contribution in [1.29, 1.82) is 0 Å². The topological polar surface area (TPSA) is 67.5 Å². The van der Waals surface area contributed by atoms with Gasteiger partial charge in [-0.25, -0.2) is 4.99 Å². The number of carbonyl (C=O) groups is 1. The Kier molecular flexibility index (Phi) is 4.80. The van der Waals surface area contributed by atoms with Crippen LogP contribution in [0.3, 0.4) is 0 Å². The quantitative estimate of drug-likeness (QED) is 0.476. The van der Waals surface area contributed by atoms with Crippen molar-refractivity contribution in [1.82, 2.24) is 5.32 Å². The van der Waals surface area contributed by atoms with Crippen LogP contribution in [0.1, 0.15) is 24.8 Å². The van der Waals surface area contributed by atoms with E-state index in [2.05, 4.69) is 10.3 Å². The molecule has 1 aromatic carbocycles. The zero-order valence-electron chi connectivity index (χ0n) is 10.7. The molecule has 5 heteroatoms. The normalized spacial score (nSPS) is 15.3. The summed E-state index contributed by atoms with van der Waals surface area (Å²) in [4.78, 5) is 15.7. The molecule has 1 fully saturated rings. The Labute approximate surface area is 118 Å². The Bertz CT molecular complexity index is 466. The number of amidine groups is 1. The minimum Gasteiger partial charge on any atom is -0.386 e. The zero-order chi connectivity index (χ0) is 13.7. The van der Waals surface area contributed by atoms with E-state index in [1.54, 1.807) is 0 Å². The van der Waals surface area contributed by atoms with Gasteiger partial charge in [-0.1, -0.05) is 12.1 Å². The molecule has 0 unspecified atom stereocenters. The van der Waals surface area contributed by atoms with Crippen LogP contribution in [0.15, 0.2) is 29.3 Å². The van der Waals surface area contributed by atoms with Crippen molar-refractivity contribution < 1.29 is 4.79 Å². The summed E-state index contributed by atoms with van der Waals surface area (Å²) in [5.41, 5.74) is 7.46. The Hall–Kier alpha value is -1.55. The van der Waals surface area contributed by atoms with E-state index in [0.717, 1.165) is 30.5 Å². The number of rotatable bonds is 6. The van der Waals surface area contributed by atoms with Crippen LogP contribution in [0.4, 0.5) is 5.69 Å². The number of hydrogen-bond donors (Lipinski definition) is 2. The lowest BCUT2D eigenvalue weighted by atomic mass is 10.1. The molecule has 1 saturated carbocycles. The summed E-state index contributed by atoms with van der Waals surface area (Å²) >= 11 is 5.56. The fourth-order valence-electron chi connectivity index (χ4n) is 1.72. The Morgan fingerprint density at radius 1 is 1.37 bits per heavy atom. The molecule has 1 amide bonds. The predicted octanol–water partition coefficient (Wildman–Crippen LogP) is 2.13. The van der Waals surface area contributed by atoms with Gasteiger partial charge >= 0.3 is 0 Å². The lowest BCUT2D eigenvalue weighted by Gasteiger charge is -2.04. The van der Waals surface area contributed by atoms with Gasteiger partial charge in [0.25, 0.3) is 0 Å². The van der Waals surface area contributed by atoms with Crippen LogP contribution in [0.5, 0.6) is 0 Å². The van der Waals surface area contributed by atoms with Crippen molar-refractivity contribution in [3.05, 3.63) is 29.8 Å². The van der Waals surface area contributed by atoms with E-state index in [1.165, 1.54) is 0 Å². The molecule has 3 N–H and O–H groups in total. The minimum absolute atomic E-state index is 0.135. The van der Waals surface area contributed by atoms with Crippen LogP contribution in [0, 0.1) is 0 Å². The fourth-order valence-corrected chi connectivity index (χ4v) is 1.78. The summed E-state index contributed by atoms with van der Waals surface area (Å²) in [5, 5.41) is 2.98. The number of hydrogen-bond acceptors (Lipinski definition) is 2. The molecule has 0 aliphatic heterocycles. The average Bonchev–Trinajstić information content (AvgIpc) is 3.21. The van der Waals surface area contributed by atoms with Crippen molar-refractivity contribution >= 4 is 29.0 Å². The lowest BCUT2D eigenvalue weighted by Crippen LogP contribution is -2.25. The molecule has 1 aliphatic carbocycles. The average molecular weight is 280 g/mol. The molecule has 0 radical (unpaired) electrons. The molecular weight excluding hydrogens is 262 g/mol. The highest BCUT2D eigenvalue weighted by Gasteiger charge is 2.22. The number of carbonyl (C=O) groups excluding carboxylic acids is 1. The van der Waals surface area contributed by atoms with E-state index in [-0.39, 0.29) is 11.8 Å². The van der Waals surface area contributed by atoms with Gasteiger partial charge in [-0.3, -0.25) is 4.79 Å². The van der Waals surface area contributed by atoms with Gasteiger partial charge in [-0.2, -0.15) is 0 Å². The third-order valence-electron chi connectivity index (χ3n) is 2.93. The highest BCUT2D eigenvalue weighted by atomic mass is 35.5. The highest BCUT2D eigenvalue weighted by molar-refractivity contribution is 6.28. The van der Waals surface area contributed by atoms with Gasteiger partial charge in [0, 0.05) is 12.5 Å². The molecule has 1 aliphatic rings. The zero-order valence-corrected chi connectivity index (χ0v) is 11.5. The summed E-state index contributed by atoms with van der Waals surface area (Å²) in [6, 6.07) is 8.12. The molecule has 0 aromatic heterocycles. The van der Waals surface area contributed by atoms with E-state index in [0.29, 0.717) is 18.3 Å². The second-order valence-corrected chi connectivity index (χ2v) is 5.01. The van der Waals surface area contributed by atoms with Crippen molar-refractivity contribution in [3.63, 3.8) is 0 Å². The van der Waals surface area contributed by atoms with Crippen molar-refractivity contribution in [2.75, 3.05) is 5.88 Å². The second kappa shape index (κ2) is 6.57. The monoisotopic (exact) mass is 279 g/mol. The van der Waals surface area contributed by atoms with Crippen molar-refractivity contribution in [2.45, 2.75) is 31.7 Å². The predicted molar refractivity (Wildman–Crippen MR) is 77.9 cm³/mol. The smallest absolute Gasteiger partial charge is 0.220 e. The summed E-state index contributed by atoms with van der Waals surface area (Å²) in [6.07, 6.45) is 3.53. The van der Waals surface area contributed by atoms with E-state index < -0.39 is 0 Å². The summed E-state index contributed by atoms with van der Waals surface area (Å²) in [7, 11) is 0. The largest absolute Gasteiger partial charge is 0.386 e. The molecule has 1 aromatic rings. The van der Waals surface area contributed by atoms with Gasteiger partial charge < -0.3 is 11.1 Å². The number of benzene rings is 1. The van der Waals surface area contributed by atoms with Crippen LogP contribution >= 0.6 is 11.6 Å². The van der Waals surface area contributed by atoms with Crippen molar-refractivity contribution in [3.8, 4) is 0 Å². The SMILES string of the molecule is NC(CCl)=Nc1ccc(CCC(=O)NC2CC2)cc1. The third-order valence-corrected chi connectivity index (χ3v) is 3.20. The number of aliphatic imine (C=N–C) groups is 1. The van der Waals surface area contributed by atoms with Crippen LogP contribution in [-0.4, -0.2) is 23.7 Å². The minimum atomic E-state index is 0.135. The Morgan fingerprint density at radius 3 is 2.63 bits per heavy atom. The Morgan fingerprint density at radius 2 is 2.05 bits per heavy atom. The first kappa shape index (κ1) is 13.9. The van der Waals surface area contributed by atoms with Crippen LogP contribution in [0.25, 0.3) is 0 Å². The highest BCUT2D eigenvalue weighted by Crippen LogP contribution is 2.19. The summed E-state index contributed by atoms with van der Waals surface area (Å²) in [6.45, 7) is 0. The maximum Gasteiger partial charge on any atom is 0.220 e. The van der Waals surface area contributed by atoms with Crippen molar-refractivity contribution in [2.24, 2.45) is 10.7 Å². The van der Waals surface area contributed by atoms with Gasteiger partial charge in [0.05, 0.1) is 11.6 Å². The van der Waals surface area contributed by atoms with Gasteiger partial charge in [0.1, 0.15) is 5.84 Å². The molecule has 0 bridgehead atoms. The van der Waals surface area contributed by atoms with Crippen LogP contribution in [-0.2, 0) is 11.2 Å². The lowest BCUT2D eigenvalue weighted by molar-refractivity contribution is -0.121. The summed E-state index contributed by atoms with van der Waals surface area (Å²) in [5.74, 6) is 0.762. The molecule has 0 atom stereocenters. The number of alkyl halides is 1. The van der Waals surface area contributed by atoms with Crippen LogP contribution < -0.4 is 11.1 Å². The summed E-state index contributed by atoms with van der Waals surface area (Å²) < 4.78 is 0. The molecule has 0 spiro atoms. The number of halogens is 1. The molecular formula is C14H18ClN3O. The van der Waals surface area contributed by atoms with E-state index in [1.807, 2.05) is 24.3 Å². The number of nitrogens with one attached hydrogen (secondary N) is 1. The van der Waals surface area contributed by atoms with Gasteiger partial charge in [0.15, 0.2) is 0 Å². The number of nitrogens with two attached hydrogens (primary N) is 1. The number of nitrogens with zero attached hydrogens (tertiary/aromatic N) is 1. The standard InChI is InChI=1S/C14H18ClN3O/c15-9-13(16)17-11-4-1-10(2-5-11)3-8-14(19)18-12-6-7-12/h1-2,4-5,12H,3,6-9H2,(H2,16,17)(H,18,19). The molecule has 4 nitrogen and oxygen atoms in total.